The Labute approximate surface area is 181 Å². The lowest BCUT2D eigenvalue weighted by molar-refractivity contribution is -0.144. The standard InChI is InChI=1S/C24H27FN4O2/c1-28-20-7-6-15(25)12-18(20)19-13-29(11-8-21(19)28)23(31)17-5-3-2-4-16(17)22(30)27-24(14-26)9-10-24/h6-7,12,16-17H,2-5,8-11,13H2,1H3,(H,27,30). The van der Waals surface area contributed by atoms with Crippen LogP contribution < -0.4 is 5.32 Å². The first-order chi connectivity index (χ1) is 14.9. The van der Waals surface area contributed by atoms with Gasteiger partial charge >= 0.3 is 0 Å². The van der Waals surface area contributed by atoms with Crippen molar-refractivity contribution in [3.8, 4) is 6.07 Å². The number of nitrogens with zero attached hydrogens (tertiary/aromatic N) is 3. The van der Waals surface area contributed by atoms with Crippen molar-refractivity contribution in [1.82, 2.24) is 14.8 Å². The smallest absolute Gasteiger partial charge is 0.226 e. The lowest BCUT2D eigenvalue weighted by atomic mass is 9.77. The second-order valence-corrected chi connectivity index (χ2v) is 9.34. The molecule has 1 aromatic heterocycles. The molecule has 0 radical (unpaired) electrons. The zero-order chi connectivity index (χ0) is 21.8. The first-order valence-corrected chi connectivity index (χ1v) is 11.2. The number of rotatable bonds is 3. The fraction of sp³-hybridized carbons (Fsp3) is 0.542. The van der Waals surface area contributed by atoms with Crippen molar-refractivity contribution in [2.45, 2.75) is 57.0 Å². The van der Waals surface area contributed by atoms with Gasteiger partial charge in [0, 0.05) is 60.6 Å². The highest BCUT2D eigenvalue weighted by Crippen LogP contribution is 2.38. The van der Waals surface area contributed by atoms with Crippen LogP contribution >= 0.6 is 0 Å². The molecule has 3 aliphatic rings. The number of amides is 2. The first kappa shape index (κ1) is 20.0. The predicted molar refractivity (Wildman–Crippen MR) is 113 cm³/mol. The second-order valence-electron chi connectivity index (χ2n) is 9.34. The number of aromatic nitrogens is 1. The van der Waals surface area contributed by atoms with Gasteiger partial charge in [-0.1, -0.05) is 12.8 Å². The molecule has 2 heterocycles. The maximum Gasteiger partial charge on any atom is 0.226 e. The fourth-order valence-electron chi connectivity index (χ4n) is 5.43. The largest absolute Gasteiger partial charge is 0.347 e. The van der Waals surface area contributed by atoms with Gasteiger partial charge in [0.05, 0.1) is 6.07 Å². The summed E-state index contributed by atoms with van der Waals surface area (Å²) in [6.45, 7) is 1.05. The van der Waals surface area contributed by atoms with Crippen LogP contribution in [0.3, 0.4) is 0 Å². The molecule has 0 bridgehead atoms. The Morgan fingerprint density at radius 1 is 1.23 bits per heavy atom. The van der Waals surface area contributed by atoms with Crippen LogP contribution in [-0.4, -0.2) is 33.4 Å². The number of halogens is 1. The van der Waals surface area contributed by atoms with E-state index in [1.807, 2.05) is 11.9 Å². The third-order valence-corrected chi connectivity index (χ3v) is 7.42. The molecule has 0 spiro atoms. The molecule has 0 saturated heterocycles. The molecule has 5 rings (SSSR count). The SMILES string of the molecule is Cn1c2c(c3cc(F)ccc31)CN(C(=O)C1CCCCC1C(=O)NC1(C#N)CC1)CC2. The molecule has 2 atom stereocenters. The summed E-state index contributed by atoms with van der Waals surface area (Å²) < 4.78 is 16.0. The van der Waals surface area contributed by atoms with Crippen LogP contribution in [0.1, 0.15) is 49.8 Å². The Hall–Kier alpha value is -2.88. The van der Waals surface area contributed by atoms with Gasteiger partial charge in [-0.25, -0.2) is 4.39 Å². The minimum atomic E-state index is -0.713. The highest BCUT2D eigenvalue weighted by atomic mass is 19.1. The Morgan fingerprint density at radius 3 is 2.68 bits per heavy atom. The lowest BCUT2D eigenvalue weighted by Gasteiger charge is -2.36. The van der Waals surface area contributed by atoms with Crippen LogP contribution in [0.2, 0.25) is 0 Å². The molecule has 31 heavy (non-hydrogen) atoms. The summed E-state index contributed by atoms with van der Waals surface area (Å²) in [6, 6.07) is 7.02. The zero-order valence-corrected chi connectivity index (χ0v) is 17.8. The van der Waals surface area contributed by atoms with Gasteiger partial charge in [0.1, 0.15) is 11.4 Å². The lowest BCUT2D eigenvalue weighted by Crippen LogP contribution is -2.48. The van der Waals surface area contributed by atoms with Crippen LogP contribution in [0.15, 0.2) is 18.2 Å². The van der Waals surface area contributed by atoms with Gasteiger partial charge in [0.25, 0.3) is 0 Å². The van der Waals surface area contributed by atoms with E-state index in [0.29, 0.717) is 38.8 Å². The van der Waals surface area contributed by atoms with E-state index in [-0.39, 0.29) is 29.5 Å². The summed E-state index contributed by atoms with van der Waals surface area (Å²) in [6.07, 6.45) is 5.33. The van der Waals surface area contributed by atoms with Crippen molar-refractivity contribution in [2.75, 3.05) is 6.54 Å². The Morgan fingerprint density at radius 2 is 1.97 bits per heavy atom. The molecule has 1 aliphatic heterocycles. The Bertz CT molecular complexity index is 1110. The number of carbonyl (C=O) groups excluding carboxylic acids is 2. The fourth-order valence-corrected chi connectivity index (χ4v) is 5.43. The quantitative estimate of drug-likeness (QED) is 0.825. The van der Waals surface area contributed by atoms with Gasteiger partial charge < -0.3 is 14.8 Å². The van der Waals surface area contributed by atoms with Crippen molar-refractivity contribution < 1.29 is 14.0 Å². The van der Waals surface area contributed by atoms with Gasteiger partial charge in [-0.2, -0.15) is 5.26 Å². The van der Waals surface area contributed by atoms with E-state index in [4.69, 9.17) is 0 Å². The van der Waals surface area contributed by atoms with E-state index in [9.17, 15) is 19.2 Å². The molecule has 2 fully saturated rings. The number of nitriles is 1. The summed E-state index contributed by atoms with van der Waals surface area (Å²) in [4.78, 5) is 28.3. The van der Waals surface area contributed by atoms with Crippen molar-refractivity contribution >= 4 is 22.7 Å². The molecule has 2 aliphatic carbocycles. The van der Waals surface area contributed by atoms with Crippen LogP contribution in [0, 0.1) is 29.0 Å². The van der Waals surface area contributed by atoms with Crippen LogP contribution in [0.4, 0.5) is 4.39 Å². The molecular weight excluding hydrogens is 395 g/mol. The molecule has 2 aromatic rings. The average Bonchev–Trinajstić information content (AvgIpc) is 3.51. The molecule has 2 unspecified atom stereocenters. The number of nitrogens with one attached hydrogen (secondary N) is 1. The molecule has 2 saturated carbocycles. The highest BCUT2D eigenvalue weighted by Gasteiger charge is 2.47. The van der Waals surface area contributed by atoms with E-state index >= 15 is 0 Å². The van der Waals surface area contributed by atoms with E-state index in [0.717, 1.165) is 41.4 Å². The third-order valence-electron chi connectivity index (χ3n) is 7.42. The van der Waals surface area contributed by atoms with Gasteiger partial charge in [0.2, 0.25) is 11.8 Å². The number of hydrogen-bond donors (Lipinski definition) is 1. The summed E-state index contributed by atoms with van der Waals surface area (Å²) in [7, 11) is 1.99. The average molecular weight is 423 g/mol. The Kier molecular flexibility index (Phi) is 4.76. The summed E-state index contributed by atoms with van der Waals surface area (Å²) in [5, 5.41) is 13.1. The van der Waals surface area contributed by atoms with Gasteiger partial charge in [0.15, 0.2) is 0 Å². The van der Waals surface area contributed by atoms with Gasteiger partial charge in [-0.05, 0) is 43.9 Å². The predicted octanol–water partition coefficient (Wildman–Crippen LogP) is 3.18. The molecule has 162 valence electrons. The Balaban J connectivity index is 1.38. The summed E-state index contributed by atoms with van der Waals surface area (Å²) in [5.41, 5.74) is 2.42. The highest BCUT2D eigenvalue weighted by molar-refractivity contribution is 5.90. The van der Waals surface area contributed by atoms with Crippen molar-refractivity contribution in [3.63, 3.8) is 0 Å². The molecule has 1 aromatic carbocycles. The van der Waals surface area contributed by atoms with E-state index in [2.05, 4.69) is 16.0 Å². The first-order valence-electron chi connectivity index (χ1n) is 11.2. The van der Waals surface area contributed by atoms with Crippen LogP contribution in [0.25, 0.3) is 10.9 Å². The number of hydrogen-bond acceptors (Lipinski definition) is 3. The topological polar surface area (TPSA) is 78.1 Å². The maximum atomic E-state index is 13.9. The molecular formula is C24H27FN4O2. The maximum absolute atomic E-state index is 13.9. The normalized spacial score (nSPS) is 24.4. The third kappa shape index (κ3) is 3.38. The summed E-state index contributed by atoms with van der Waals surface area (Å²) >= 11 is 0. The van der Waals surface area contributed by atoms with Gasteiger partial charge in [-0.15, -0.1) is 0 Å². The number of fused-ring (bicyclic) bond motifs is 3. The zero-order valence-electron chi connectivity index (χ0n) is 17.8. The second kappa shape index (κ2) is 7.37. The van der Waals surface area contributed by atoms with Gasteiger partial charge in [-0.3, -0.25) is 9.59 Å². The van der Waals surface area contributed by atoms with E-state index in [1.54, 1.807) is 12.1 Å². The summed E-state index contributed by atoms with van der Waals surface area (Å²) in [5.74, 6) is -1.14. The number of aryl methyl sites for hydroxylation is 1. The van der Waals surface area contributed by atoms with Crippen molar-refractivity contribution in [1.29, 1.82) is 5.26 Å². The molecule has 6 nitrogen and oxygen atoms in total. The van der Waals surface area contributed by atoms with E-state index < -0.39 is 5.54 Å². The number of carbonyl (C=O) groups is 2. The van der Waals surface area contributed by atoms with Crippen LogP contribution in [-0.2, 0) is 29.6 Å². The molecule has 7 heteroatoms. The van der Waals surface area contributed by atoms with Crippen LogP contribution in [0.5, 0.6) is 0 Å². The minimum absolute atomic E-state index is 0.0145. The monoisotopic (exact) mass is 422 g/mol. The number of benzene rings is 1. The minimum Gasteiger partial charge on any atom is -0.347 e. The van der Waals surface area contributed by atoms with Crippen molar-refractivity contribution in [3.05, 3.63) is 35.3 Å². The van der Waals surface area contributed by atoms with E-state index in [1.165, 1.54) is 6.07 Å². The molecule has 2 amide bonds. The van der Waals surface area contributed by atoms with Crippen molar-refractivity contribution in [2.24, 2.45) is 18.9 Å². The molecule has 1 N–H and O–H groups in total.